The molecule has 2 rings (SSSR count). The molecule has 0 aliphatic carbocycles. The highest BCUT2D eigenvalue weighted by atomic mass is 16.4. The molecule has 0 saturated heterocycles. The number of aliphatic carboxylic acids is 1. The lowest BCUT2D eigenvalue weighted by atomic mass is 10.1. The summed E-state index contributed by atoms with van der Waals surface area (Å²) < 4.78 is 0. The Labute approximate surface area is 131 Å². The van der Waals surface area contributed by atoms with Gasteiger partial charge in [-0.25, -0.2) is 14.4 Å². The van der Waals surface area contributed by atoms with E-state index >= 15 is 0 Å². The molecule has 0 aliphatic rings. The van der Waals surface area contributed by atoms with Gasteiger partial charge < -0.3 is 15.3 Å². The molecule has 0 heterocycles. The highest BCUT2D eigenvalue weighted by Crippen LogP contribution is 2.03. The summed E-state index contributed by atoms with van der Waals surface area (Å²) in [6, 6.07) is 14.3. The SMILES string of the molecule is O=C(O)C=Cc1ccccc1.O=C(O)c1ccc(C(=O)O)cc1. The fourth-order valence-electron chi connectivity index (χ4n) is 1.49. The second-order valence-electron chi connectivity index (χ2n) is 4.27. The number of benzene rings is 2. The molecule has 0 spiro atoms. The van der Waals surface area contributed by atoms with Gasteiger partial charge in [0.25, 0.3) is 0 Å². The molecule has 23 heavy (non-hydrogen) atoms. The largest absolute Gasteiger partial charge is 0.478 e. The van der Waals surface area contributed by atoms with Crippen molar-refractivity contribution in [2.24, 2.45) is 0 Å². The van der Waals surface area contributed by atoms with Gasteiger partial charge in [-0.1, -0.05) is 30.3 Å². The van der Waals surface area contributed by atoms with Gasteiger partial charge in [0.05, 0.1) is 11.1 Å². The topological polar surface area (TPSA) is 112 Å². The summed E-state index contributed by atoms with van der Waals surface area (Å²) in [4.78, 5) is 30.8. The van der Waals surface area contributed by atoms with E-state index in [4.69, 9.17) is 15.3 Å². The van der Waals surface area contributed by atoms with Crippen LogP contribution in [-0.2, 0) is 4.79 Å². The van der Waals surface area contributed by atoms with Crippen molar-refractivity contribution in [2.75, 3.05) is 0 Å². The first-order chi connectivity index (χ1) is 10.9. The molecule has 6 nitrogen and oxygen atoms in total. The second kappa shape index (κ2) is 8.78. The standard InChI is InChI=1S/C9H8O2.C8H6O4/c10-9(11)7-6-8-4-2-1-3-5-8;9-7(10)5-1-2-6(4-3-5)8(11)12/h1-7H,(H,10,11);1-4H,(H,9,10)(H,11,12). The number of carboxylic acid groups (broad SMARTS) is 3. The van der Waals surface area contributed by atoms with Gasteiger partial charge in [0.15, 0.2) is 0 Å². The van der Waals surface area contributed by atoms with Crippen LogP contribution in [0, 0.1) is 0 Å². The summed E-state index contributed by atoms with van der Waals surface area (Å²) in [7, 11) is 0. The minimum Gasteiger partial charge on any atom is -0.478 e. The zero-order chi connectivity index (χ0) is 17.2. The summed E-state index contributed by atoms with van der Waals surface area (Å²) in [5.41, 5.74) is 1.06. The van der Waals surface area contributed by atoms with Gasteiger partial charge in [-0.2, -0.15) is 0 Å². The fraction of sp³-hybridized carbons (Fsp3) is 0. The van der Waals surface area contributed by atoms with Gasteiger partial charge in [-0.15, -0.1) is 0 Å². The van der Waals surface area contributed by atoms with Gasteiger partial charge in [-0.3, -0.25) is 0 Å². The Morgan fingerprint density at radius 2 is 1.13 bits per heavy atom. The molecular weight excluding hydrogens is 300 g/mol. The van der Waals surface area contributed by atoms with Crippen molar-refractivity contribution >= 4 is 24.0 Å². The molecule has 0 atom stereocenters. The molecule has 0 saturated carbocycles. The Morgan fingerprint density at radius 3 is 1.48 bits per heavy atom. The molecule has 118 valence electrons. The molecule has 0 bridgehead atoms. The zero-order valence-corrected chi connectivity index (χ0v) is 11.9. The quantitative estimate of drug-likeness (QED) is 0.748. The van der Waals surface area contributed by atoms with Crippen LogP contribution < -0.4 is 0 Å². The average molecular weight is 314 g/mol. The van der Waals surface area contributed by atoms with Crippen molar-refractivity contribution in [3.8, 4) is 0 Å². The van der Waals surface area contributed by atoms with Crippen LogP contribution in [0.3, 0.4) is 0 Å². The summed E-state index contributed by atoms with van der Waals surface area (Å²) in [6.07, 6.45) is 2.68. The first-order valence-corrected chi connectivity index (χ1v) is 6.43. The van der Waals surface area contributed by atoms with Crippen molar-refractivity contribution in [3.63, 3.8) is 0 Å². The number of aromatic carboxylic acids is 2. The fourth-order valence-corrected chi connectivity index (χ4v) is 1.49. The maximum absolute atomic E-state index is 10.3. The molecule has 0 aromatic heterocycles. The van der Waals surface area contributed by atoms with Crippen LogP contribution >= 0.6 is 0 Å². The third-order valence-electron chi connectivity index (χ3n) is 2.60. The molecule has 0 unspecified atom stereocenters. The lowest BCUT2D eigenvalue weighted by Gasteiger charge is -1.94. The van der Waals surface area contributed by atoms with E-state index in [-0.39, 0.29) is 11.1 Å². The molecule has 0 amide bonds. The van der Waals surface area contributed by atoms with Crippen LogP contribution in [0.15, 0.2) is 60.7 Å². The molecular formula is C17H14O6. The third kappa shape index (κ3) is 6.72. The van der Waals surface area contributed by atoms with Gasteiger partial charge >= 0.3 is 17.9 Å². The van der Waals surface area contributed by atoms with Crippen LogP contribution in [0.4, 0.5) is 0 Å². The maximum Gasteiger partial charge on any atom is 0.335 e. The Morgan fingerprint density at radius 1 is 0.696 bits per heavy atom. The predicted molar refractivity (Wildman–Crippen MR) is 83.5 cm³/mol. The van der Waals surface area contributed by atoms with E-state index in [0.29, 0.717) is 0 Å². The normalized spacial score (nSPS) is 9.74. The van der Waals surface area contributed by atoms with Crippen molar-refractivity contribution in [3.05, 3.63) is 77.4 Å². The van der Waals surface area contributed by atoms with E-state index in [1.54, 1.807) is 6.08 Å². The van der Waals surface area contributed by atoms with Crippen LogP contribution in [0.2, 0.25) is 0 Å². The molecule has 2 aromatic rings. The molecule has 0 radical (unpaired) electrons. The number of carbonyl (C=O) groups is 3. The lowest BCUT2D eigenvalue weighted by Crippen LogP contribution is -1.99. The van der Waals surface area contributed by atoms with Crippen molar-refractivity contribution in [1.29, 1.82) is 0 Å². The highest BCUT2D eigenvalue weighted by Gasteiger charge is 2.04. The average Bonchev–Trinajstić information content (AvgIpc) is 2.54. The van der Waals surface area contributed by atoms with Crippen LogP contribution in [0.25, 0.3) is 6.08 Å². The zero-order valence-electron chi connectivity index (χ0n) is 11.9. The molecule has 3 N–H and O–H groups in total. The Balaban J connectivity index is 0.000000231. The Kier molecular flexibility index (Phi) is 6.74. The van der Waals surface area contributed by atoms with E-state index in [1.807, 2.05) is 30.3 Å². The number of hydrogen-bond donors (Lipinski definition) is 3. The lowest BCUT2D eigenvalue weighted by molar-refractivity contribution is -0.131. The van der Waals surface area contributed by atoms with E-state index < -0.39 is 17.9 Å². The van der Waals surface area contributed by atoms with E-state index in [9.17, 15) is 14.4 Å². The second-order valence-corrected chi connectivity index (χ2v) is 4.27. The predicted octanol–water partition coefficient (Wildman–Crippen LogP) is 2.87. The molecule has 6 heteroatoms. The first kappa shape index (κ1) is 17.6. The van der Waals surface area contributed by atoms with Gasteiger partial charge in [-0.05, 0) is 35.9 Å². The Bertz CT molecular complexity index is 669. The molecule has 2 aromatic carbocycles. The molecule has 0 fully saturated rings. The Hall–Kier alpha value is -3.41. The van der Waals surface area contributed by atoms with Gasteiger partial charge in [0.1, 0.15) is 0 Å². The number of carboxylic acids is 3. The first-order valence-electron chi connectivity index (χ1n) is 6.43. The summed E-state index contributed by atoms with van der Waals surface area (Å²) >= 11 is 0. The van der Waals surface area contributed by atoms with Gasteiger partial charge in [0, 0.05) is 6.08 Å². The summed E-state index contributed by atoms with van der Waals surface area (Å²) in [5.74, 6) is -3.05. The maximum atomic E-state index is 10.3. The third-order valence-corrected chi connectivity index (χ3v) is 2.60. The summed E-state index contributed by atoms with van der Waals surface area (Å²) in [5, 5.41) is 25.2. The highest BCUT2D eigenvalue weighted by molar-refractivity contribution is 5.91. The number of rotatable bonds is 4. The van der Waals surface area contributed by atoms with Crippen molar-refractivity contribution < 1.29 is 29.7 Å². The van der Waals surface area contributed by atoms with Crippen molar-refractivity contribution in [1.82, 2.24) is 0 Å². The van der Waals surface area contributed by atoms with E-state index in [1.165, 1.54) is 24.3 Å². The smallest absolute Gasteiger partial charge is 0.335 e. The molecule has 0 aliphatic heterocycles. The van der Waals surface area contributed by atoms with Crippen LogP contribution in [0.1, 0.15) is 26.3 Å². The van der Waals surface area contributed by atoms with E-state index in [0.717, 1.165) is 11.6 Å². The van der Waals surface area contributed by atoms with Gasteiger partial charge in [0.2, 0.25) is 0 Å². The minimum atomic E-state index is -1.06. The monoisotopic (exact) mass is 314 g/mol. The van der Waals surface area contributed by atoms with Crippen molar-refractivity contribution in [2.45, 2.75) is 0 Å². The minimum absolute atomic E-state index is 0.0833. The van der Waals surface area contributed by atoms with Crippen LogP contribution in [0.5, 0.6) is 0 Å². The summed E-state index contributed by atoms with van der Waals surface area (Å²) in [6.45, 7) is 0. The number of hydrogen-bond acceptors (Lipinski definition) is 3. The van der Waals surface area contributed by atoms with E-state index in [2.05, 4.69) is 0 Å². The van der Waals surface area contributed by atoms with Crippen LogP contribution in [-0.4, -0.2) is 33.2 Å².